The van der Waals surface area contributed by atoms with Crippen LogP contribution in [-0.2, 0) is 11.3 Å². The van der Waals surface area contributed by atoms with E-state index in [1.165, 1.54) is 6.20 Å². The standard InChI is InChI=1S/C7H12N2O2/c1-11-4-2-3-9-6-7(10)5-8-9/h5-6,10H,2-4H2,1H3. The van der Waals surface area contributed by atoms with E-state index in [0.717, 1.165) is 19.6 Å². The summed E-state index contributed by atoms with van der Waals surface area (Å²) in [4.78, 5) is 0. The molecule has 4 nitrogen and oxygen atoms in total. The van der Waals surface area contributed by atoms with Crippen molar-refractivity contribution < 1.29 is 9.84 Å². The van der Waals surface area contributed by atoms with Crippen molar-refractivity contribution in [3.63, 3.8) is 0 Å². The van der Waals surface area contributed by atoms with Gasteiger partial charge in [0.05, 0.1) is 12.4 Å². The van der Waals surface area contributed by atoms with Gasteiger partial charge in [0, 0.05) is 20.3 Å². The molecule has 0 bridgehead atoms. The summed E-state index contributed by atoms with van der Waals surface area (Å²) in [7, 11) is 1.67. The molecule has 0 unspecified atom stereocenters. The van der Waals surface area contributed by atoms with E-state index < -0.39 is 0 Å². The molecule has 0 saturated heterocycles. The van der Waals surface area contributed by atoms with Gasteiger partial charge in [-0.15, -0.1) is 0 Å². The van der Waals surface area contributed by atoms with Crippen LogP contribution in [0.5, 0.6) is 5.75 Å². The molecule has 0 aliphatic heterocycles. The molecule has 0 saturated carbocycles. The third-order valence-electron chi connectivity index (χ3n) is 1.36. The number of aromatic hydroxyl groups is 1. The highest BCUT2D eigenvalue weighted by molar-refractivity contribution is 5.08. The maximum atomic E-state index is 8.90. The first-order valence-electron chi connectivity index (χ1n) is 3.53. The number of rotatable bonds is 4. The van der Waals surface area contributed by atoms with Crippen molar-refractivity contribution in [3.05, 3.63) is 12.4 Å². The number of aromatic nitrogens is 2. The van der Waals surface area contributed by atoms with Crippen LogP contribution < -0.4 is 0 Å². The molecule has 11 heavy (non-hydrogen) atoms. The summed E-state index contributed by atoms with van der Waals surface area (Å²) in [6, 6.07) is 0. The minimum absolute atomic E-state index is 0.211. The first-order chi connectivity index (χ1) is 5.33. The summed E-state index contributed by atoms with van der Waals surface area (Å²) in [5.41, 5.74) is 0. The Bertz CT molecular complexity index is 210. The average molecular weight is 156 g/mol. The topological polar surface area (TPSA) is 47.3 Å². The summed E-state index contributed by atoms with van der Waals surface area (Å²) in [5.74, 6) is 0.211. The number of nitrogens with zero attached hydrogens (tertiary/aromatic N) is 2. The molecule has 0 spiro atoms. The van der Waals surface area contributed by atoms with Crippen LogP contribution in [0, 0.1) is 0 Å². The maximum absolute atomic E-state index is 8.90. The van der Waals surface area contributed by atoms with Gasteiger partial charge < -0.3 is 9.84 Å². The largest absolute Gasteiger partial charge is 0.505 e. The second-order valence-corrected chi connectivity index (χ2v) is 2.31. The van der Waals surface area contributed by atoms with E-state index in [1.54, 1.807) is 18.0 Å². The number of hydrogen-bond donors (Lipinski definition) is 1. The highest BCUT2D eigenvalue weighted by atomic mass is 16.5. The summed E-state index contributed by atoms with van der Waals surface area (Å²) in [5, 5.41) is 12.8. The zero-order valence-corrected chi connectivity index (χ0v) is 6.53. The zero-order valence-electron chi connectivity index (χ0n) is 6.53. The molecule has 1 aromatic heterocycles. The monoisotopic (exact) mass is 156 g/mol. The number of methoxy groups -OCH3 is 1. The van der Waals surface area contributed by atoms with Crippen LogP contribution in [0.25, 0.3) is 0 Å². The molecule has 0 aliphatic rings. The summed E-state index contributed by atoms with van der Waals surface area (Å²) in [6.07, 6.45) is 3.93. The molecule has 62 valence electrons. The van der Waals surface area contributed by atoms with Gasteiger partial charge in [-0.1, -0.05) is 0 Å². The fourth-order valence-electron chi connectivity index (χ4n) is 0.846. The third-order valence-corrected chi connectivity index (χ3v) is 1.36. The van der Waals surface area contributed by atoms with Crippen molar-refractivity contribution in [2.75, 3.05) is 13.7 Å². The zero-order chi connectivity index (χ0) is 8.10. The normalized spacial score (nSPS) is 10.3. The lowest BCUT2D eigenvalue weighted by Gasteiger charge is -1.98. The lowest BCUT2D eigenvalue weighted by atomic mass is 10.4. The molecule has 0 aromatic carbocycles. The molecular weight excluding hydrogens is 144 g/mol. The summed E-state index contributed by atoms with van der Waals surface area (Å²) >= 11 is 0. The molecule has 0 amide bonds. The Balaban J connectivity index is 2.27. The van der Waals surface area contributed by atoms with Crippen LogP contribution in [0.15, 0.2) is 12.4 Å². The van der Waals surface area contributed by atoms with Crippen molar-refractivity contribution >= 4 is 0 Å². The molecule has 0 atom stereocenters. The molecule has 1 aromatic rings. The van der Waals surface area contributed by atoms with E-state index in [4.69, 9.17) is 9.84 Å². The molecule has 0 fully saturated rings. The van der Waals surface area contributed by atoms with E-state index in [-0.39, 0.29) is 5.75 Å². The van der Waals surface area contributed by atoms with Crippen LogP contribution >= 0.6 is 0 Å². The number of aryl methyl sites for hydroxylation is 1. The molecule has 0 radical (unpaired) electrons. The van der Waals surface area contributed by atoms with Crippen LogP contribution in [0.3, 0.4) is 0 Å². The van der Waals surface area contributed by atoms with Gasteiger partial charge in [0.2, 0.25) is 0 Å². The first kappa shape index (κ1) is 8.07. The van der Waals surface area contributed by atoms with Crippen molar-refractivity contribution in [1.29, 1.82) is 0 Å². The Hall–Kier alpha value is -1.03. The number of hydrogen-bond acceptors (Lipinski definition) is 3. The predicted octanol–water partition coefficient (Wildman–Crippen LogP) is 0.625. The van der Waals surface area contributed by atoms with Gasteiger partial charge in [-0.3, -0.25) is 4.68 Å². The Kier molecular flexibility index (Phi) is 2.92. The third kappa shape index (κ3) is 2.59. The van der Waals surface area contributed by atoms with Crippen LogP contribution in [0.4, 0.5) is 0 Å². The predicted molar refractivity (Wildman–Crippen MR) is 40.4 cm³/mol. The van der Waals surface area contributed by atoms with Crippen LogP contribution in [0.1, 0.15) is 6.42 Å². The van der Waals surface area contributed by atoms with Crippen molar-refractivity contribution in [2.24, 2.45) is 0 Å². The van der Waals surface area contributed by atoms with E-state index in [1.807, 2.05) is 0 Å². The Labute approximate surface area is 65.4 Å². The highest BCUT2D eigenvalue weighted by Gasteiger charge is 1.93. The molecule has 1 heterocycles. The maximum Gasteiger partial charge on any atom is 0.153 e. The van der Waals surface area contributed by atoms with Gasteiger partial charge in [-0.05, 0) is 6.42 Å². The van der Waals surface area contributed by atoms with Gasteiger partial charge in [0.15, 0.2) is 5.75 Å². The minimum Gasteiger partial charge on any atom is -0.505 e. The lowest BCUT2D eigenvalue weighted by molar-refractivity contribution is 0.189. The smallest absolute Gasteiger partial charge is 0.153 e. The lowest BCUT2D eigenvalue weighted by Crippen LogP contribution is -2.01. The van der Waals surface area contributed by atoms with Gasteiger partial charge in [0.1, 0.15) is 0 Å². The highest BCUT2D eigenvalue weighted by Crippen LogP contribution is 2.04. The van der Waals surface area contributed by atoms with Gasteiger partial charge in [0.25, 0.3) is 0 Å². The molecule has 4 heteroatoms. The fraction of sp³-hybridized carbons (Fsp3) is 0.571. The van der Waals surface area contributed by atoms with Crippen LogP contribution in [-0.4, -0.2) is 28.6 Å². The van der Waals surface area contributed by atoms with Crippen LogP contribution in [0.2, 0.25) is 0 Å². The second-order valence-electron chi connectivity index (χ2n) is 2.31. The fourth-order valence-corrected chi connectivity index (χ4v) is 0.846. The second kappa shape index (κ2) is 3.98. The number of ether oxygens (including phenoxy) is 1. The molecule has 1 rings (SSSR count). The van der Waals surface area contributed by atoms with E-state index in [9.17, 15) is 0 Å². The first-order valence-corrected chi connectivity index (χ1v) is 3.53. The quantitative estimate of drug-likeness (QED) is 0.650. The Morgan fingerprint density at radius 2 is 2.55 bits per heavy atom. The van der Waals surface area contributed by atoms with Crippen molar-refractivity contribution in [2.45, 2.75) is 13.0 Å². The molecule has 0 aliphatic carbocycles. The summed E-state index contributed by atoms with van der Waals surface area (Å²) in [6.45, 7) is 1.51. The molecular formula is C7H12N2O2. The SMILES string of the molecule is COCCCn1cc(O)cn1. The van der Waals surface area contributed by atoms with E-state index >= 15 is 0 Å². The summed E-state index contributed by atoms with van der Waals surface area (Å²) < 4.78 is 6.56. The average Bonchev–Trinajstić information content (AvgIpc) is 2.37. The Morgan fingerprint density at radius 1 is 1.73 bits per heavy atom. The van der Waals surface area contributed by atoms with Gasteiger partial charge >= 0.3 is 0 Å². The van der Waals surface area contributed by atoms with Gasteiger partial charge in [-0.2, -0.15) is 5.10 Å². The molecule has 1 N–H and O–H groups in total. The van der Waals surface area contributed by atoms with E-state index in [2.05, 4.69) is 5.10 Å². The van der Waals surface area contributed by atoms with Crippen molar-refractivity contribution in [1.82, 2.24) is 9.78 Å². The van der Waals surface area contributed by atoms with Gasteiger partial charge in [-0.25, -0.2) is 0 Å². The minimum atomic E-state index is 0.211. The van der Waals surface area contributed by atoms with E-state index in [0.29, 0.717) is 0 Å². The Morgan fingerprint density at radius 3 is 3.09 bits per heavy atom. The van der Waals surface area contributed by atoms with Crippen molar-refractivity contribution in [3.8, 4) is 5.75 Å².